The highest BCUT2D eigenvalue weighted by Gasteiger charge is 2.40. The van der Waals surface area contributed by atoms with Crippen LogP contribution in [0, 0.1) is 5.92 Å². The van der Waals surface area contributed by atoms with Gasteiger partial charge < -0.3 is 20.9 Å². The lowest BCUT2D eigenvalue weighted by molar-refractivity contribution is 0.102. The Bertz CT molecular complexity index is 1650. The largest absolute Gasteiger partial charge is 0.377 e. The Morgan fingerprint density at radius 3 is 2.39 bits per heavy atom. The molecule has 0 spiro atoms. The summed E-state index contributed by atoms with van der Waals surface area (Å²) in [7, 11) is 0. The van der Waals surface area contributed by atoms with Gasteiger partial charge in [0.1, 0.15) is 0 Å². The molecule has 0 saturated carbocycles. The Kier molecular flexibility index (Phi) is 5.47. The van der Waals surface area contributed by atoms with Gasteiger partial charge in [0.2, 0.25) is 0 Å². The number of hydrogen-bond donors (Lipinski definition) is 4. The lowest BCUT2D eigenvalue weighted by atomic mass is 9.76. The van der Waals surface area contributed by atoms with Crippen molar-refractivity contribution in [1.29, 1.82) is 0 Å². The number of allylic oxidation sites excluding steroid dienone is 2. The fourth-order valence-corrected chi connectivity index (χ4v) is 5.99. The van der Waals surface area contributed by atoms with Gasteiger partial charge >= 0.3 is 0 Å². The molecular formula is C33H28N4O. The number of fused-ring (bicyclic) bond motifs is 4. The average molecular weight is 497 g/mol. The van der Waals surface area contributed by atoms with Crippen LogP contribution >= 0.6 is 0 Å². The van der Waals surface area contributed by atoms with Gasteiger partial charge in [0, 0.05) is 40.1 Å². The van der Waals surface area contributed by atoms with Gasteiger partial charge in [-0.15, -0.1) is 0 Å². The predicted molar refractivity (Wildman–Crippen MR) is 155 cm³/mol. The van der Waals surface area contributed by atoms with Crippen molar-refractivity contribution in [3.63, 3.8) is 0 Å². The molecule has 5 heteroatoms. The van der Waals surface area contributed by atoms with Crippen molar-refractivity contribution in [2.75, 3.05) is 16.0 Å². The van der Waals surface area contributed by atoms with Crippen LogP contribution in [-0.4, -0.2) is 10.9 Å². The van der Waals surface area contributed by atoms with Gasteiger partial charge in [-0.1, -0.05) is 60.7 Å². The molecule has 0 saturated heterocycles. The number of para-hydroxylation sites is 3. The van der Waals surface area contributed by atoms with E-state index >= 15 is 0 Å². The molecule has 3 atom stereocenters. The van der Waals surface area contributed by atoms with Crippen LogP contribution in [-0.2, 0) is 0 Å². The molecular weight excluding hydrogens is 468 g/mol. The number of aromatic nitrogens is 1. The molecule has 0 bridgehead atoms. The normalized spacial score (nSPS) is 19.4. The zero-order valence-electron chi connectivity index (χ0n) is 20.8. The van der Waals surface area contributed by atoms with E-state index in [-0.39, 0.29) is 17.9 Å². The Morgan fingerprint density at radius 2 is 1.53 bits per heavy atom. The molecule has 38 heavy (non-hydrogen) atoms. The van der Waals surface area contributed by atoms with Crippen LogP contribution in [0.3, 0.4) is 0 Å². The molecule has 0 radical (unpaired) electrons. The molecule has 7 rings (SSSR count). The first kappa shape index (κ1) is 22.4. The van der Waals surface area contributed by atoms with Crippen LogP contribution in [0.1, 0.15) is 39.9 Å². The van der Waals surface area contributed by atoms with Crippen molar-refractivity contribution in [2.45, 2.75) is 18.4 Å². The second kappa shape index (κ2) is 9.27. The second-order valence-corrected chi connectivity index (χ2v) is 10.1. The summed E-state index contributed by atoms with van der Waals surface area (Å²) in [6, 6.07) is 32.4. The molecule has 5 nitrogen and oxygen atoms in total. The third kappa shape index (κ3) is 3.93. The minimum Gasteiger partial charge on any atom is -0.377 e. The van der Waals surface area contributed by atoms with Crippen molar-refractivity contribution < 1.29 is 4.79 Å². The lowest BCUT2D eigenvalue weighted by Gasteiger charge is -2.38. The van der Waals surface area contributed by atoms with Crippen molar-refractivity contribution in [3.05, 3.63) is 132 Å². The van der Waals surface area contributed by atoms with Crippen LogP contribution in [0.25, 0.3) is 10.9 Å². The van der Waals surface area contributed by atoms with E-state index in [1.165, 1.54) is 16.5 Å². The molecule has 0 fully saturated rings. The van der Waals surface area contributed by atoms with Crippen LogP contribution < -0.4 is 16.0 Å². The molecule has 4 N–H and O–H groups in total. The van der Waals surface area contributed by atoms with Gasteiger partial charge in [-0.3, -0.25) is 4.79 Å². The first-order chi connectivity index (χ1) is 18.7. The van der Waals surface area contributed by atoms with Crippen molar-refractivity contribution in [3.8, 4) is 0 Å². The number of anilines is 4. The summed E-state index contributed by atoms with van der Waals surface area (Å²) in [5.41, 5.74) is 7.91. The van der Waals surface area contributed by atoms with E-state index in [0.29, 0.717) is 11.5 Å². The Morgan fingerprint density at radius 1 is 0.763 bits per heavy atom. The summed E-state index contributed by atoms with van der Waals surface area (Å²) in [6.45, 7) is 0. The van der Waals surface area contributed by atoms with Gasteiger partial charge in [-0.25, -0.2) is 0 Å². The minimum absolute atomic E-state index is 0.107. The highest BCUT2D eigenvalue weighted by Crippen LogP contribution is 2.51. The smallest absolute Gasteiger partial charge is 0.257 e. The number of nitrogens with one attached hydrogen (secondary N) is 4. The fourth-order valence-electron chi connectivity index (χ4n) is 5.99. The number of rotatable bonds is 5. The zero-order valence-corrected chi connectivity index (χ0v) is 20.8. The van der Waals surface area contributed by atoms with E-state index < -0.39 is 0 Å². The molecule has 5 aromatic rings. The van der Waals surface area contributed by atoms with Crippen molar-refractivity contribution >= 4 is 39.6 Å². The van der Waals surface area contributed by atoms with Gasteiger partial charge in [0.05, 0.1) is 17.3 Å². The third-order valence-corrected chi connectivity index (χ3v) is 7.80. The molecule has 1 aliphatic heterocycles. The van der Waals surface area contributed by atoms with Gasteiger partial charge in [0.25, 0.3) is 5.91 Å². The second-order valence-electron chi connectivity index (χ2n) is 10.1. The van der Waals surface area contributed by atoms with E-state index in [9.17, 15) is 4.79 Å². The van der Waals surface area contributed by atoms with Crippen LogP contribution in [0.5, 0.6) is 0 Å². The predicted octanol–water partition coefficient (Wildman–Crippen LogP) is 7.99. The van der Waals surface area contributed by atoms with Gasteiger partial charge in [-0.2, -0.15) is 0 Å². The van der Waals surface area contributed by atoms with Crippen molar-refractivity contribution in [2.24, 2.45) is 5.92 Å². The molecule has 1 amide bonds. The first-order valence-electron chi connectivity index (χ1n) is 13.1. The highest BCUT2D eigenvalue weighted by molar-refractivity contribution is 6.09. The number of amides is 1. The summed E-state index contributed by atoms with van der Waals surface area (Å²) in [5, 5.41) is 11.5. The SMILES string of the molecule is O=C(Nc1ccc(Nc2ccccc2)cc1)c1cccc2c1NC(c1c[nH]c3ccccc13)C1CC=CC21. The average Bonchev–Trinajstić information content (AvgIpc) is 3.62. The summed E-state index contributed by atoms with van der Waals surface area (Å²) in [4.78, 5) is 17.0. The monoisotopic (exact) mass is 496 g/mol. The minimum atomic E-state index is -0.115. The number of aromatic amines is 1. The number of hydrogen-bond acceptors (Lipinski definition) is 3. The molecule has 3 unspecified atom stereocenters. The summed E-state index contributed by atoms with van der Waals surface area (Å²) in [5.74, 6) is 0.571. The standard InChI is InChI=1S/C33H28N4O/c38-33(36-23-18-16-22(17-19-23)35-21-8-2-1-3-9-21)28-14-7-13-26-24-11-6-12-27(24)32(37-31(26)28)29-20-34-30-15-5-4-10-25(29)30/h1-11,13-20,24,27,32,34-35,37H,12H2,(H,36,38). The molecule has 2 heterocycles. The van der Waals surface area contributed by atoms with E-state index in [4.69, 9.17) is 0 Å². The van der Waals surface area contributed by atoms with Crippen LogP contribution in [0.4, 0.5) is 22.7 Å². The maximum Gasteiger partial charge on any atom is 0.257 e. The number of carbonyl (C=O) groups is 1. The molecule has 4 aromatic carbocycles. The summed E-state index contributed by atoms with van der Waals surface area (Å²) >= 11 is 0. The molecule has 1 aliphatic carbocycles. The zero-order chi connectivity index (χ0) is 25.5. The Hall–Kier alpha value is -4.77. The van der Waals surface area contributed by atoms with Gasteiger partial charge in [-0.05, 0) is 72.0 Å². The molecule has 1 aromatic heterocycles. The quantitative estimate of drug-likeness (QED) is 0.186. The number of carbonyl (C=O) groups excluding carboxylic acids is 1. The van der Waals surface area contributed by atoms with E-state index in [2.05, 4.69) is 69.6 Å². The van der Waals surface area contributed by atoms with E-state index in [1.807, 2.05) is 66.7 Å². The topological polar surface area (TPSA) is 69.0 Å². The van der Waals surface area contributed by atoms with E-state index in [0.717, 1.165) is 34.7 Å². The van der Waals surface area contributed by atoms with Gasteiger partial charge in [0.15, 0.2) is 0 Å². The Balaban J connectivity index is 1.17. The molecule has 2 aliphatic rings. The van der Waals surface area contributed by atoms with Crippen LogP contribution in [0.15, 0.2) is 115 Å². The number of H-pyrrole nitrogens is 1. The highest BCUT2D eigenvalue weighted by atomic mass is 16.1. The third-order valence-electron chi connectivity index (χ3n) is 7.80. The molecule has 186 valence electrons. The Labute approximate surface area is 221 Å². The summed E-state index contributed by atoms with van der Waals surface area (Å²) in [6.07, 6.45) is 7.73. The van der Waals surface area contributed by atoms with Crippen LogP contribution in [0.2, 0.25) is 0 Å². The maximum absolute atomic E-state index is 13.6. The summed E-state index contributed by atoms with van der Waals surface area (Å²) < 4.78 is 0. The maximum atomic E-state index is 13.6. The lowest BCUT2D eigenvalue weighted by Crippen LogP contribution is -2.30. The number of benzene rings is 4. The van der Waals surface area contributed by atoms with E-state index in [1.54, 1.807) is 0 Å². The fraction of sp³-hybridized carbons (Fsp3) is 0.121. The first-order valence-corrected chi connectivity index (χ1v) is 13.1. The van der Waals surface area contributed by atoms with Crippen molar-refractivity contribution in [1.82, 2.24) is 4.98 Å².